The van der Waals surface area contributed by atoms with Crippen molar-refractivity contribution < 1.29 is 23.4 Å². The van der Waals surface area contributed by atoms with Crippen LogP contribution in [0.3, 0.4) is 0 Å². The Hall–Kier alpha value is -4.05. The molecule has 0 spiro atoms. The molecule has 0 aliphatic carbocycles. The minimum atomic E-state index is -0.406. The lowest BCUT2D eigenvalue weighted by Gasteiger charge is -2.13. The second-order valence-electron chi connectivity index (χ2n) is 7.90. The van der Waals surface area contributed by atoms with E-state index in [1.165, 1.54) is 16.8 Å². The summed E-state index contributed by atoms with van der Waals surface area (Å²) in [4.78, 5) is 12.9. The fraction of sp³-hybridized carbons (Fsp3) is 0.240. The molecule has 36 heavy (non-hydrogen) atoms. The zero-order valence-electron chi connectivity index (χ0n) is 20.2. The molecule has 0 aliphatic rings. The van der Waals surface area contributed by atoms with Crippen molar-refractivity contribution in [2.45, 2.75) is 27.1 Å². The maximum Gasteiger partial charge on any atom is 0.276 e. The van der Waals surface area contributed by atoms with E-state index in [-0.39, 0.29) is 12.4 Å². The molecule has 2 aromatic heterocycles. The fourth-order valence-electron chi connectivity index (χ4n) is 3.67. The van der Waals surface area contributed by atoms with Crippen LogP contribution in [-0.2, 0) is 13.3 Å². The van der Waals surface area contributed by atoms with Gasteiger partial charge < -0.3 is 19.5 Å². The number of methoxy groups -OCH3 is 2. The number of ether oxygens (including phenoxy) is 3. The molecule has 1 amide bonds. The fourth-order valence-corrected chi connectivity index (χ4v) is 3.89. The Morgan fingerprint density at radius 3 is 2.47 bits per heavy atom. The first-order chi connectivity index (χ1) is 17.3. The summed E-state index contributed by atoms with van der Waals surface area (Å²) in [5, 5.41) is 12.0. The molecule has 0 atom stereocenters. The quantitative estimate of drug-likeness (QED) is 0.344. The molecule has 0 saturated carbocycles. The second kappa shape index (κ2) is 10.7. The van der Waals surface area contributed by atoms with Crippen LogP contribution >= 0.6 is 11.6 Å². The van der Waals surface area contributed by atoms with Crippen LogP contribution in [-0.4, -0.2) is 39.7 Å². The molecule has 4 rings (SSSR count). The molecule has 0 saturated heterocycles. The number of amides is 1. The Labute approximate surface area is 212 Å². The summed E-state index contributed by atoms with van der Waals surface area (Å²) in [6.45, 7) is 4.00. The van der Waals surface area contributed by atoms with E-state index in [1.54, 1.807) is 62.4 Å². The highest BCUT2D eigenvalue weighted by Crippen LogP contribution is 2.36. The largest absolute Gasteiger partial charge is 0.493 e. The lowest BCUT2D eigenvalue weighted by molar-refractivity contribution is 0.102. The molecule has 9 nitrogen and oxygen atoms in total. The standard InChI is InChI=1S/C25H25ClFN5O4/c1-15-23(16(2)32(29-15)13-17-8-9-18(27)12-19(17)26)28-25(33)20-10-11-31(30-20)14-36-24-21(34-3)6-5-7-22(24)35-4/h5-12H,13-14H2,1-4H3,(H,28,33). The Balaban J connectivity index is 1.45. The highest BCUT2D eigenvalue weighted by molar-refractivity contribution is 6.31. The highest BCUT2D eigenvalue weighted by atomic mass is 35.5. The molecule has 0 unspecified atom stereocenters. The number of aromatic nitrogens is 4. The van der Waals surface area contributed by atoms with Gasteiger partial charge in [0.1, 0.15) is 5.82 Å². The molecule has 1 N–H and O–H groups in total. The first kappa shape index (κ1) is 25.1. The van der Waals surface area contributed by atoms with Gasteiger partial charge in [-0.25, -0.2) is 9.07 Å². The lowest BCUT2D eigenvalue weighted by Crippen LogP contribution is -2.15. The maximum atomic E-state index is 13.4. The number of anilines is 1. The van der Waals surface area contributed by atoms with Gasteiger partial charge in [0.15, 0.2) is 23.9 Å². The van der Waals surface area contributed by atoms with Gasteiger partial charge in [-0.15, -0.1) is 0 Å². The molecule has 0 aliphatic heterocycles. The molecule has 0 fully saturated rings. The summed E-state index contributed by atoms with van der Waals surface area (Å²) in [5.74, 6) is 0.670. The molecule has 2 aromatic carbocycles. The minimum Gasteiger partial charge on any atom is -0.493 e. The van der Waals surface area contributed by atoms with E-state index >= 15 is 0 Å². The average molecular weight is 514 g/mol. The van der Waals surface area contributed by atoms with E-state index in [9.17, 15) is 9.18 Å². The third-order valence-electron chi connectivity index (χ3n) is 5.55. The number of hydrogen-bond donors (Lipinski definition) is 1. The van der Waals surface area contributed by atoms with Gasteiger partial charge in [-0.05, 0) is 49.7 Å². The monoisotopic (exact) mass is 513 g/mol. The van der Waals surface area contributed by atoms with Crippen molar-refractivity contribution in [1.82, 2.24) is 19.6 Å². The number of nitrogens with one attached hydrogen (secondary N) is 1. The Kier molecular flexibility index (Phi) is 7.44. The van der Waals surface area contributed by atoms with E-state index in [0.717, 1.165) is 5.69 Å². The van der Waals surface area contributed by atoms with Crippen molar-refractivity contribution in [3.05, 3.63) is 82.1 Å². The summed E-state index contributed by atoms with van der Waals surface area (Å²) in [7, 11) is 3.08. The van der Waals surface area contributed by atoms with Crippen molar-refractivity contribution in [1.29, 1.82) is 0 Å². The number of hydrogen-bond acceptors (Lipinski definition) is 6. The predicted octanol–water partition coefficient (Wildman–Crippen LogP) is 4.84. The van der Waals surface area contributed by atoms with Crippen LogP contribution in [0.15, 0.2) is 48.7 Å². The predicted molar refractivity (Wildman–Crippen MR) is 133 cm³/mol. The Morgan fingerprint density at radius 1 is 1.08 bits per heavy atom. The van der Waals surface area contributed by atoms with Crippen LogP contribution in [0.4, 0.5) is 10.1 Å². The van der Waals surface area contributed by atoms with Gasteiger partial charge in [0, 0.05) is 11.2 Å². The van der Waals surface area contributed by atoms with E-state index in [0.29, 0.717) is 45.8 Å². The second-order valence-corrected chi connectivity index (χ2v) is 8.31. The van der Waals surface area contributed by atoms with Gasteiger partial charge in [-0.2, -0.15) is 10.2 Å². The summed E-state index contributed by atoms with van der Waals surface area (Å²) in [6.07, 6.45) is 1.64. The van der Waals surface area contributed by atoms with E-state index in [4.69, 9.17) is 25.8 Å². The van der Waals surface area contributed by atoms with E-state index in [2.05, 4.69) is 15.5 Å². The summed E-state index contributed by atoms with van der Waals surface area (Å²) in [6, 6.07) is 11.1. The SMILES string of the molecule is COc1cccc(OC)c1OCn1ccc(C(=O)Nc2c(C)nn(Cc3ccc(F)cc3Cl)c2C)n1. The molecule has 0 radical (unpaired) electrons. The van der Waals surface area contributed by atoms with E-state index in [1.807, 2.05) is 6.92 Å². The van der Waals surface area contributed by atoms with Crippen molar-refractivity contribution in [3.8, 4) is 17.2 Å². The van der Waals surface area contributed by atoms with Crippen LogP contribution in [0, 0.1) is 19.7 Å². The smallest absolute Gasteiger partial charge is 0.276 e. The van der Waals surface area contributed by atoms with Gasteiger partial charge in [0.05, 0.1) is 37.8 Å². The lowest BCUT2D eigenvalue weighted by atomic mass is 10.2. The van der Waals surface area contributed by atoms with Crippen LogP contribution in [0.2, 0.25) is 5.02 Å². The Morgan fingerprint density at radius 2 is 1.81 bits per heavy atom. The average Bonchev–Trinajstić information content (AvgIpc) is 3.44. The number of para-hydroxylation sites is 1. The van der Waals surface area contributed by atoms with Crippen LogP contribution in [0.1, 0.15) is 27.4 Å². The van der Waals surface area contributed by atoms with Gasteiger partial charge in [0.25, 0.3) is 5.91 Å². The first-order valence-corrected chi connectivity index (χ1v) is 11.3. The van der Waals surface area contributed by atoms with Crippen LogP contribution in [0.5, 0.6) is 17.2 Å². The van der Waals surface area contributed by atoms with Crippen LogP contribution in [0.25, 0.3) is 0 Å². The molecule has 2 heterocycles. The summed E-state index contributed by atoms with van der Waals surface area (Å²) in [5.41, 5.74) is 2.85. The van der Waals surface area contributed by atoms with Crippen molar-refractivity contribution in [2.75, 3.05) is 19.5 Å². The normalized spacial score (nSPS) is 10.8. The third kappa shape index (κ3) is 5.28. The molecule has 4 aromatic rings. The third-order valence-corrected chi connectivity index (χ3v) is 5.90. The minimum absolute atomic E-state index is 0.0401. The van der Waals surface area contributed by atoms with Crippen molar-refractivity contribution in [3.63, 3.8) is 0 Å². The number of benzene rings is 2. The van der Waals surface area contributed by atoms with Gasteiger partial charge in [-0.1, -0.05) is 23.7 Å². The number of carbonyl (C=O) groups is 1. The summed E-state index contributed by atoms with van der Waals surface area (Å²) < 4.78 is 33.0. The highest BCUT2D eigenvalue weighted by Gasteiger charge is 2.18. The molecule has 11 heteroatoms. The zero-order valence-corrected chi connectivity index (χ0v) is 21.0. The molecular weight excluding hydrogens is 489 g/mol. The summed E-state index contributed by atoms with van der Waals surface area (Å²) >= 11 is 6.16. The number of nitrogens with zero attached hydrogens (tertiary/aromatic N) is 4. The maximum absolute atomic E-state index is 13.4. The Bertz CT molecular complexity index is 1380. The van der Waals surface area contributed by atoms with Crippen molar-refractivity contribution >= 4 is 23.2 Å². The number of rotatable bonds is 9. The number of carbonyl (C=O) groups excluding carboxylic acids is 1. The molecular formula is C25H25ClFN5O4. The topological polar surface area (TPSA) is 92.4 Å². The number of aryl methyl sites for hydroxylation is 1. The van der Waals surface area contributed by atoms with Gasteiger partial charge in [-0.3, -0.25) is 9.48 Å². The first-order valence-electron chi connectivity index (χ1n) is 11.0. The van der Waals surface area contributed by atoms with Crippen molar-refractivity contribution in [2.24, 2.45) is 0 Å². The van der Waals surface area contributed by atoms with Gasteiger partial charge in [0.2, 0.25) is 5.75 Å². The molecule has 0 bridgehead atoms. The molecule has 188 valence electrons. The van der Waals surface area contributed by atoms with Gasteiger partial charge >= 0.3 is 0 Å². The van der Waals surface area contributed by atoms with Crippen LogP contribution < -0.4 is 19.5 Å². The van der Waals surface area contributed by atoms with E-state index < -0.39 is 11.7 Å². The zero-order chi connectivity index (χ0) is 25.8. The number of halogens is 2.